The maximum Gasteiger partial charge on any atom is 0.191 e. The number of rotatable bonds is 10. The molecule has 0 radical (unpaired) electrons. The maximum atomic E-state index is 5.91. The Hall–Kier alpha value is -2.31. The van der Waals surface area contributed by atoms with Gasteiger partial charge in [-0.25, -0.2) is 9.98 Å². The van der Waals surface area contributed by atoms with Crippen molar-refractivity contribution in [2.45, 2.75) is 33.9 Å². The molecule has 0 aliphatic heterocycles. The van der Waals surface area contributed by atoms with E-state index in [1.165, 1.54) is 0 Å². The Bertz CT molecular complexity index is 751. The lowest BCUT2D eigenvalue weighted by Gasteiger charge is -2.15. The summed E-state index contributed by atoms with van der Waals surface area (Å²) >= 11 is 5.83. The van der Waals surface area contributed by atoms with Crippen molar-refractivity contribution in [1.82, 2.24) is 15.6 Å². The van der Waals surface area contributed by atoms with Crippen molar-refractivity contribution in [3.63, 3.8) is 0 Å². The van der Waals surface area contributed by atoms with Crippen LogP contribution in [-0.4, -0.2) is 37.3 Å². The van der Waals surface area contributed by atoms with Crippen LogP contribution in [0.1, 0.15) is 30.5 Å². The Labute approximate surface area is 172 Å². The van der Waals surface area contributed by atoms with Crippen LogP contribution < -0.4 is 15.4 Å². The SMILES string of the molecule is CCNC(=NCc1ccc(Cl)nc1)NCc1ccc(C)cc1OCCOCC. The van der Waals surface area contributed by atoms with E-state index in [0.717, 1.165) is 34.9 Å². The Balaban J connectivity index is 1.99. The van der Waals surface area contributed by atoms with Crippen molar-refractivity contribution in [3.8, 4) is 5.75 Å². The van der Waals surface area contributed by atoms with Crippen molar-refractivity contribution >= 4 is 17.6 Å². The highest BCUT2D eigenvalue weighted by molar-refractivity contribution is 6.29. The van der Waals surface area contributed by atoms with Crippen LogP contribution in [0.15, 0.2) is 41.5 Å². The summed E-state index contributed by atoms with van der Waals surface area (Å²) in [7, 11) is 0. The van der Waals surface area contributed by atoms with Gasteiger partial charge in [-0.05, 0) is 44.0 Å². The molecule has 0 fully saturated rings. The summed E-state index contributed by atoms with van der Waals surface area (Å²) < 4.78 is 11.3. The first-order valence-electron chi connectivity index (χ1n) is 9.55. The summed E-state index contributed by atoms with van der Waals surface area (Å²) in [6.07, 6.45) is 1.74. The molecule has 1 aromatic carbocycles. The molecule has 0 amide bonds. The highest BCUT2D eigenvalue weighted by Crippen LogP contribution is 2.20. The van der Waals surface area contributed by atoms with Gasteiger partial charge < -0.3 is 20.1 Å². The molecule has 2 aromatic rings. The van der Waals surface area contributed by atoms with E-state index in [-0.39, 0.29) is 0 Å². The van der Waals surface area contributed by atoms with E-state index >= 15 is 0 Å². The molecule has 0 spiro atoms. The Morgan fingerprint density at radius 3 is 2.71 bits per heavy atom. The Kier molecular flexibility index (Phi) is 9.59. The van der Waals surface area contributed by atoms with E-state index in [9.17, 15) is 0 Å². The Morgan fingerprint density at radius 1 is 1.14 bits per heavy atom. The van der Waals surface area contributed by atoms with Gasteiger partial charge >= 0.3 is 0 Å². The van der Waals surface area contributed by atoms with Crippen LogP contribution in [0.2, 0.25) is 5.15 Å². The number of pyridine rings is 1. The molecule has 0 saturated heterocycles. The average Bonchev–Trinajstić information content (AvgIpc) is 2.69. The van der Waals surface area contributed by atoms with Crippen LogP contribution in [-0.2, 0) is 17.8 Å². The number of halogens is 1. The second kappa shape index (κ2) is 12.2. The number of aliphatic imine (C=N–C) groups is 1. The number of aryl methyl sites for hydroxylation is 1. The molecule has 1 aromatic heterocycles. The number of benzene rings is 1. The highest BCUT2D eigenvalue weighted by Gasteiger charge is 2.06. The quantitative estimate of drug-likeness (QED) is 0.273. The van der Waals surface area contributed by atoms with Gasteiger partial charge in [-0.2, -0.15) is 0 Å². The summed E-state index contributed by atoms with van der Waals surface area (Å²) in [5.41, 5.74) is 3.23. The third-order valence-corrected chi connectivity index (χ3v) is 4.13. The number of nitrogens with one attached hydrogen (secondary N) is 2. The molecule has 28 heavy (non-hydrogen) atoms. The molecule has 0 atom stereocenters. The van der Waals surface area contributed by atoms with E-state index in [1.54, 1.807) is 12.3 Å². The minimum Gasteiger partial charge on any atom is -0.491 e. The normalized spacial score (nSPS) is 11.4. The summed E-state index contributed by atoms with van der Waals surface area (Å²) in [5, 5.41) is 7.10. The minimum atomic E-state index is 0.481. The summed E-state index contributed by atoms with van der Waals surface area (Å²) in [6.45, 7) is 9.77. The van der Waals surface area contributed by atoms with E-state index < -0.39 is 0 Å². The molecule has 6 nitrogen and oxygen atoms in total. The van der Waals surface area contributed by atoms with E-state index in [2.05, 4.69) is 39.7 Å². The smallest absolute Gasteiger partial charge is 0.191 e. The largest absolute Gasteiger partial charge is 0.491 e. The molecule has 7 heteroatoms. The molecule has 0 unspecified atom stereocenters. The van der Waals surface area contributed by atoms with Crippen LogP contribution >= 0.6 is 11.6 Å². The molecular weight excluding hydrogens is 376 g/mol. The topological polar surface area (TPSA) is 67.8 Å². The summed E-state index contributed by atoms with van der Waals surface area (Å²) in [4.78, 5) is 8.70. The van der Waals surface area contributed by atoms with Crippen LogP contribution in [0.25, 0.3) is 0 Å². The lowest BCUT2D eigenvalue weighted by Crippen LogP contribution is -2.36. The third-order valence-electron chi connectivity index (χ3n) is 3.91. The molecule has 0 bridgehead atoms. The number of aromatic nitrogens is 1. The van der Waals surface area contributed by atoms with Gasteiger partial charge in [-0.3, -0.25) is 0 Å². The second-order valence-electron chi connectivity index (χ2n) is 6.19. The molecule has 152 valence electrons. The van der Waals surface area contributed by atoms with Crippen LogP contribution in [0.5, 0.6) is 5.75 Å². The molecule has 2 rings (SSSR count). The summed E-state index contributed by atoms with van der Waals surface area (Å²) in [5.74, 6) is 1.60. The van der Waals surface area contributed by atoms with Gasteiger partial charge in [0.25, 0.3) is 0 Å². The first-order chi connectivity index (χ1) is 13.6. The van der Waals surface area contributed by atoms with E-state index in [4.69, 9.17) is 21.1 Å². The lowest BCUT2D eigenvalue weighted by molar-refractivity contribution is 0.110. The number of hydrogen-bond acceptors (Lipinski definition) is 4. The van der Waals surface area contributed by atoms with Crippen molar-refractivity contribution < 1.29 is 9.47 Å². The van der Waals surface area contributed by atoms with Crippen molar-refractivity contribution in [2.75, 3.05) is 26.4 Å². The maximum absolute atomic E-state index is 5.91. The fraction of sp³-hybridized carbons (Fsp3) is 0.429. The Morgan fingerprint density at radius 2 is 2.00 bits per heavy atom. The summed E-state index contributed by atoms with van der Waals surface area (Å²) in [6, 6.07) is 9.89. The van der Waals surface area contributed by atoms with Gasteiger partial charge in [-0.1, -0.05) is 29.8 Å². The van der Waals surface area contributed by atoms with Gasteiger partial charge in [0.05, 0.1) is 13.2 Å². The van der Waals surface area contributed by atoms with Crippen LogP contribution in [0, 0.1) is 6.92 Å². The zero-order chi connectivity index (χ0) is 20.2. The zero-order valence-corrected chi connectivity index (χ0v) is 17.6. The minimum absolute atomic E-state index is 0.481. The average molecular weight is 405 g/mol. The van der Waals surface area contributed by atoms with E-state index in [0.29, 0.717) is 38.1 Å². The number of nitrogens with zero attached hydrogens (tertiary/aromatic N) is 2. The van der Waals surface area contributed by atoms with Crippen LogP contribution in [0.3, 0.4) is 0 Å². The standard InChI is InChI=1S/C21H29ClN4O2/c1-4-23-21(25-14-17-7-9-20(22)24-13-17)26-15-18-8-6-16(3)12-19(18)28-11-10-27-5-2/h6-9,12-13H,4-5,10-11,14-15H2,1-3H3,(H2,23,25,26). The van der Waals surface area contributed by atoms with Gasteiger partial charge in [0.2, 0.25) is 0 Å². The molecular formula is C21H29ClN4O2. The molecule has 0 aliphatic rings. The van der Waals surface area contributed by atoms with Crippen molar-refractivity contribution in [2.24, 2.45) is 4.99 Å². The highest BCUT2D eigenvalue weighted by atomic mass is 35.5. The zero-order valence-electron chi connectivity index (χ0n) is 16.8. The van der Waals surface area contributed by atoms with Gasteiger partial charge in [-0.15, -0.1) is 0 Å². The molecule has 0 aliphatic carbocycles. The predicted molar refractivity (Wildman–Crippen MR) is 114 cm³/mol. The monoisotopic (exact) mass is 404 g/mol. The lowest BCUT2D eigenvalue weighted by atomic mass is 10.1. The first kappa shape index (κ1) is 22.0. The van der Waals surface area contributed by atoms with Gasteiger partial charge in [0, 0.05) is 31.5 Å². The first-order valence-corrected chi connectivity index (χ1v) is 9.92. The van der Waals surface area contributed by atoms with Gasteiger partial charge in [0.15, 0.2) is 5.96 Å². The third kappa shape index (κ3) is 7.74. The fourth-order valence-corrected chi connectivity index (χ4v) is 2.60. The molecule has 1 heterocycles. The van der Waals surface area contributed by atoms with Gasteiger partial charge in [0.1, 0.15) is 17.5 Å². The van der Waals surface area contributed by atoms with E-state index in [1.807, 2.05) is 26.0 Å². The fourth-order valence-electron chi connectivity index (χ4n) is 2.49. The second-order valence-corrected chi connectivity index (χ2v) is 6.58. The molecule has 2 N–H and O–H groups in total. The molecule has 0 saturated carbocycles. The van der Waals surface area contributed by atoms with Crippen molar-refractivity contribution in [1.29, 1.82) is 0 Å². The number of hydrogen-bond donors (Lipinski definition) is 2. The number of ether oxygens (including phenoxy) is 2. The number of guanidine groups is 1. The van der Waals surface area contributed by atoms with Crippen molar-refractivity contribution in [3.05, 3.63) is 58.4 Å². The van der Waals surface area contributed by atoms with Crippen LogP contribution in [0.4, 0.5) is 0 Å². The predicted octanol–water partition coefficient (Wildman–Crippen LogP) is 3.71.